The summed E-state index contributed by atoms with van der Waals surface area (Å²) in [6, 6.07) is 0.496. The molecule has 7 nitrogen and oxygen atoms in total. The number of benzene rings is 1. The molecule has 0 radical (unpaired) electrons. The zero-order valence-electron chi connectivity index (χ0n) is 15.0. The third-order valence-corrected chi connectivity index (χ3v) is 4.74. The van der Waals surface area contributed by atoms with Crippen LogP contribution < -0.4 is 5.32 Å². The number of nitrogens with zero attached hydrogens (tertiary/aromatic N) is 4. The summed E-state index contributed by atoms with van der Waals surface area (Å²) < 4.78 is 47.0. The molecule has 0 bridgehead atoms. The van der Waals surface area contributed by atoms with Crippen molar-refractivity contribution in [2.24, 2.45) is 7.05 Å². The predicted octanol–water partition coefficient (Wildman–Crippen LogP) is 3.64. The lowest BCUT2D eigenvalue weighted by Crippen LogP contribution is -2.41. The Morgan fingerprint density at radius 1 is 1.29 bits per heavy atom. The lowest BCUT2D eigenvalue weighted by molar-refractivity contribution is 0.188. The van der Waals surface area contributed by atoms with E-state index in [0.29, 0.717) is 18.7 Å². The Morgan fingerprint density at radius 2 is 2.00 bits per heavy atom. The topological polar surface area (TPSA) is 76.2 Å². The number of halogens is 3. The van der Waals surface area contributed by atoms with Crippen molar-refractivity contribution in [1.29, 1.82) is 0 Å². The first-order valence-electron chi connectivity index (χ1n) is 8.54. The molecule has 3 heterocycles. The molecule has 28 heavy (non-hydrogen) atoms. The summed E-state index contributed by atoms with van der Waals surface area (Å²) in [7, 11) is 1.77. The fourth-order valence-corrected chi connectivity index (χ4v) is 3.36. The fourth-order valence-electron chi connectivity index (χ4n) is 3.36. The number of rotatable bonds is 2. The van der Waals surface area contributed by atoms with Crippen LogP contribution in [0.2, 0.25) is 0 Å². The van der Waals surface area contributed by atoms with Crippen LogP contribution in [-0.4, -0.2) is 32.4 Å². The van der Waals surface area contributed by atoms with Crippen LogP contribution in [0.1, 0.15) is 24.2 Å². The van der Waals surface area contributed by atoms with Crippen LogP contribution in [0.3, 0.4) is 0 Å². The highest BCUT2D eigenvalue weighted by molar-refractivity contribution is 5.90. The minimum absolute atomic E-state index is 0.169. The van der Waals surface area contributed by atoms with Gasteiger partial charge in [-0.15, -0.1) is 0 Å². The number of aromatic nitrogens is 3. The number of nitrogens with one attached hydrogen (secondary N) is 1. The van der Waals surface area contributed by atoms with Gasteiger partial charge in [-0.3, -0.25) is 4.68 Å². The molecule has 4 rings (SSSR count). The van der Waals surface area contributed by atoms with E-state index in [9.17, 15) is 18.0 Å². The van der Waals surface area contributed by atoms with Gasteiger partial charge in [0.1, 0.15) is 0 Å². The number of hydrogen-bond donors (Lipinski definition) is 1. The average Bonchev–Trinajstić information content (AvgIpc) is 3.26. The summed E-state index contributed by atoms with van der Waals surface area (Å²) in [5, 5.41) is 10.6. The lowest BCUT2D eigenvalue weighted by Gasteiger charge is -2.33. The van der Waals surface area contributed by atoms with E-state index in [2.05, 4.69) is 15.6 Å². The van der Waals surface area contributed by atoms with Crippen LogP contribution in [0.15, 0.2) is 29.0 Å². The van der Waals surface area contributed by atoms with E-state index in [0.717, 1.165) is 29.0 Å². The molecule has 1 atom stereocenters. The van der Waals surface area contributed by atoms with Crippen LogP contribution in [0.5, 0.6) is 0 Å². The van der Waals surface area contributed by atoms with Gasteiger partial charge in [-0.2, -0.15) is 5.10 Å². The molecule has 0 spiro atoms. The summed E-state index contributed by atoms with van der Waals surface area (Å²) in [5.41, 5.74) is 2.06. The molecule has 2 amide bonds. The number of hydrogen-bond acceptors (Lipinski definition) is 4. The van der Waals surface area contributed by atoms with Gasteiger partial charge in [0.05, 0.1) is 23.5 Å². The minimum Gasteiger partial charge on any atom is -0.356 e. The molecular formula is C18H16F3N5O2. The lowest BCUT2D eigenvalue weighted by atomic mass is 9.96. The molecule has 10 heteroatoms. The summed E-state index contributed by atoms with van der Waals surface area (Å²) in [6.45, 7) is 2.14. The molecule has 0 saturated heterocycles. The second kappa shape index (κ2) is 6.70. The summed E-state index contributed by atoms with van der Waals surface area (Å²) in [6.07, 6.45) is 3.87. The summed E-state index contributed by atoms with van der Waals surface area (Å²) in [5.74, 6) is -3.81. The number of urea groups is 1. The van der Waals surface area contributed by atoms with Crippen molar-refractivity contribution in [3.05, 3.63) is 53.2 Å². The third kappa shape index (κ3) is 3.00. The van der Waals surface area contributed by atoms with Crippen LogP contribution >= 0.6 is 0 Å². The van der Waals surface area contributed by atoms with Gasteiger partial charge in [-0.05, 0) is 6.92 Å². The van der Waals surface area contributed by atoms with Gasteiger partial charge < -0.3 is 14.7 Å². The molecule has 2 aromatic heterocycles. The minimum atomic E-state index is -1.58. The van der Waals surface area contributed by atoms with Crippen molar-refractivity contribution in [3.63, 3.8) is 0 Å². The number of anilines is 1. The Labute approximate surface area is 157 Å². The Kier molecular flexibility index (Phi) is 4.33. The van der Waals surface area contributed by atoms with Gasteiger partial charge in [0.2, 0.25) is 0 Å². The van der Waals surface area contributed by atoms with E-state index in [4.69, 9.17) is 4.52 Å². The average molecular weight is 391 g/mol. The normalized spacial score (nSPS) is 16.2. The van der Waals surface area contributed by atoms with Gasteiger partial charge in [0.25, 0.3) is 0 Å². The molecule has 1 aliphatic rings. The van der Waals surface area contributed by atoms with E-state index in [1.54, 1.807) is 31.0 Å². The van der Waals surface area contributed by atoms with Crippen LogP contribution in [0, 0.1) is 17.5 Å². The largest absolute Gasteiger partial charge is 0.356 e. The van der Waals surface area contributed by atoms with E-state index in [-0.39, 0.29) is 5.69 Å². The smallest absolute Gasteiger partial charge is 0.322 e. The van der Waals surface area contributed by atoms with Gasteiger partial charge >= 0.3 is 6.03 Å². The number of carbonyl (C=O) groups is 1. The monoisotopic (exact) mass is 391 g/mol. The highest BCUT2D eigenvalue weighted by Gasteiger charge is 2.34. The number of fused-ring (bicyclic) bond motifs is 1. The molecular weight excluding hydrogens is 375 g/mol. The Morgan fingerprint density at radius 3 is 2.64 bits per heavy atom. The maximum Gasteiger partial charge on any atom is 0.322 e. The van der Waals surface area contributed by atoms with E-state index >= 15 is 0 Å². The summed E-state index contributed by atoms with van der Waals surface area (Å²) in [4.78, 5) is 14.2. The van der Waals surface area contributed by atoms with E-state index in [1.807, 2.05) is 0 Å². The van der Waals surface area contributed by atoms with Gasteiger partial charge in [0.15, 0.2) is 23.2 Å². The van der Waals surface area contributed by atoms with E-state index in [1.165, 1.54) is 4.90 Å². The first-order chi connectivity index (χ1) is 13.3. The van der Waals surface area contributed by atoms with Crippen molar-refractivity contribution in [2.45, 2.75) is 19.4 Å². The standard InChI is InChI=1S/C18H16F3N5O2/c1-9-15-14(24-28-17(15)10-7-22-25(2)8-10)3-4-26(9)18(27)23-11-5-12(19)16(21)13(20)6-11/h5-9H,3-4H2,1-2H3,(H,23,27). The van der Waals surface area contributed by atoms with Crippen LogP contribution in [-0.2, 0) is 13.5 Å². The zero-order chi connectivity index (χ0) is 20.0. The summed E-state index contributed by atoms with van der Waals surface area (Å²) >= 11 is 0. The predicted molar refractivity (Wildman–Crippen MR) is 92.9 cm³/mol. The highest BCUT2D eigenvalue weighted by Crippen LogP contribution is 2.37. The SMILES string of the molecule is CC1c2c(noc2-c2cnn(C)c2)CCN1C(=O)Nc1cc(F)c(F)c(F)c1. The molecule has 3 aromatic rings. The molecule has 1 aromatic carbocycles. The fraction of sp³-hybridized carbons (Fsp3) is 0.278. The van der Waals surface area contributed by atoms with Crippen LogP contribution in [0.4, 0.5) is 23.7 Å². The van der Waals surface area contributed by atoms with Crippen molar-refractivity contribution in [1.82, 2.24) is 19.8 Å². The van der Waals surface area contributed by atoms with Crippen molar-refractivity contribution in [3.8, 4) is 11.3 Å². The van der Waals surface area contributed by atoms with Gasteiger partial charge in [-0.25, -0.2) is 18.0 Å². The second-order valence-corrected chi connectivity index (χ2v) is 6.58. The van der Waals surface area contributed by atoms with Crippen molar-refractivity contribution in [2.75, 3.05) is 11.9 Å². The Balaban J connectivity index is 1.60. The molecule has 1 aliphatic heterocycles. The number of aryl methyl sites for hydroxylation is 1. The maximum atomic E-state index is 13.4. The first-order valence-corrected chi connectivity index (χ1v) is 8.54. The van der Waals surface area contributed by atoms with Gasteiger partial charge in [-0.1, -0.05) is 5.16 Å². The number of amides is 2. The molecule has 0 fully saturated rings. The Bertz CT molecular complexity index is 1040. The molecule has 146 valence electrons. The highest BCUT2D eigenvalue weighted by atomic mass is 19.2. The quantitative estimate of drug-likeness (QED) is 0.677. The molecule has 0 saturated carbocycles. The molecule has 1 N–H and O–H groups in total. The third-order valence-electron chi connectivity index (χ3n) is 4.74. The van der Waals surface area contributed by atoms with E-state index < -0.39 is 29.5 Å². The number of carbonyl (C=O) groups excluding carboxylic acids is 1. The maximum absolute atomic E-state index is 13.4. The molecule has 0 aliphatic carbocycles. The van der Waals surface area contributed by atoms with Crippen molar-refractivity contribution >= 4 is 11.7 Å². The first kappa shape index (κ1) is 18.1. The molecule has 1 unspecified atom stereocenters. The van der Waals surface area contributed by atoms with Gasteiger partial charge in [0, 0.05) is 49.6 Å². The zero-order valence-corrected chi connectivity index (χ0v) is 15.0. The second-order valence-electron chi connectivity index (χ2n) is 6.58. The van der Waals surface area contributed by atoms with Crippen molar-refractivity contribution < 1.29 is 22.5 Å². The Hall–Kier alpha value is -3.30. The van der Waals surface area contributed by atoms with Crippen LogP contribution in [0.25, 0.3) is 11.3 Å².